The first kappa shape index (κ1) is 17.2. The van der Waals surface area contributed by atoms with Crippen molar-refractivity contribution in [2.45, 2.75) is 40.5 Å². The number of fused-ring (bicyclic) bond motifs is 4. The third-order valence-corrected chi connectivity index (χ3v) is 6.21. The van der Waals surface area contributed by atoms with Crippen LogP contribution in [0.15, 0.2) is 54.6 Å². The first-order chi connectivity index (χ1) is 13.5. The van der Waals surface area contributed by atoms with Gasteiger partial charge in [0.1, 0.15) is 0 Å². The van der Waals surface area contributed by atoms with Crippen LogP contribution in [0.3, 0.4) is 0 Å². The van der Waals surface area contributed by atoms with E-state index in [4.69, 9.17) is 4.98 Å². The number of hydrogen-bond donors (Lipinski definition) is 0. The molecule has 0 bridgehead atoms. The van der Waals surface area contributed by atoms with Gasteiger partial charge in [-0.05, 0) is 97.7 Å². The Hall–Kier alpha value is -2.93. The molecule has 1 heterocycles. The van der Waals surface area contributed by atoms with E-state index in [0.29, 0.717) is 0 Å². The van der Waals surface area contributed by atoms with E-state index in [2.05, 4.69) is 82.3 Å². The van der Waals surface area contributed by atoms with Gasteiger partial charge in [-0.2, -0.15) is 0 Å². The zero-order valence-electron chi connectivity index (χ0n) is 17.1. The van der Waals surface area contributed by atoms with E-state index in [0.717, 1.165) is 18.4 Å². The quantitative estimate of drug-likeness (QED) is 0.358. The molecule has 1 aliphatic rings. The lowest BCUT2D eigenvalue weighted by Gasteiger charge is -2.23. The highest BCUT2D eigenvalue weighted by Gasteiger charge is 2.21. The molecule has 0 atom stereocenters. The second kappa shape index (κ2) is 6.31. The topological polar surface area (TPSA) is 12.9 Å². The van der Waals surface area contributed by atoms with Crippen molar-refractivity contribution in [1.29, 1.82) is 0 Å². The largest absolute Gasteiger partial charge is 0.247 e. The van der Waals surface area contributed by atoms with Gasteiger partial charge in [-0.1, -0.05) is 42.0 Å². The summed E-state index contributed by atoms with van der Waals surface area (Å²) >= 11 is 0. The zero-order valence-corrected chi connectivity index (χ0v) is 17.1. The molecule has 0 saturated carbocycles. The molecule has 0 N–H and O–H groups in total. The predicted octanol–water partition coefficient (Wildman–Crippen LogP) is 6.90. The van der Waals surface area contributed by atoms with Crippen molar-refractivity contribution in [1.82, 2.24) is 4.98 Å². The van der Waals surface area contributed by atoms with E-state index in [-0.39, 0.29) is 0 Å². The van der Waals surface area contributed by atoms with E-state index < -0.39 is 0 Å². The number of pyridine rings is 1. The van der Waals surface area contributed by atoms with Crippen LogP contribution >= 0.6 is 0 Å². The van der Waals surface area contributed by atoms with Crippen molar-refractivity contribution in [2.75, 3.05) is 0 Å². The van der Waals surface area contributed by atoms with Crippen LogP contribution in [-0.2, 0) is 12.8 Å². The standard InChI is InChI=1S/C27H25N/c1-16-13-19(4)21-12-11-20-15-23-22(26-17(2)7-5-8-18(26)3)9-6-10-25(23)28-27(20)24(21)14-16/h5-10,13-15H,11-12H2,1-4H3. The number of nitrogens with zero attached hydrogens (tertiary/aromatic N) is 1. The van der Waals surface area contributed by atoms with Gasteiger partial charge in [0, 0.05) is 10.9 Å². The predicted molar refractivity (Wildman–Crippen MR) is 119 cm³/mol. The highest BCUT2D eigenvalue weighted by molar-refractivity contribution is 5.98. The lowest BCUT2D eigenvalue weighted by atomic mass is 9.84. The number of rotatable bonds is 1. The first-order valence-corrected chi connectivity index (χ1v) is 10.1. The van der Waals surface area contributed by atoms with Gasteiger partial charge in [0.25, 0.3) is 0 Å². The van der Waals surface area contributed by atoms with Gasteiger partial charge in [0.15, 0.2) is 0 Å². The summed E-state index contributed by atoms with van der Waals surface area (Å²) in [5.41, 5.74) is 14.4. The van der Waals surface area contributed by atoms with E-state index >= 15 is 0 Å². The average molecular weight is 364 g/mol. The minimum atomic E-state index is 1.07. The van der Waals surface area contributed by atoms with Gasteiger partial charge >= 0.3 is 0 Å². The highest BCUT2D eigenvalue weighted by Crippen LogP contribution is 2.39. The molecule has 28 heavy (non-hydrogen) atoms. The van der Waals surface area contributed by atoms with Gasteiger partial charge in [-0.15, -0.1) is 0 Å². The van der Waals surface area contributed by atoms with Crippen LogP contribution in [0.5, 0.6) is 0 Å². The molecule has 0 fully saturated rings. The Balaban J connectivity index is 1.80. The first-order valence-electron chi connectivity index (χ1n) is 10.1. The second-order valence-corrected chi connectivity index (χ2v) is 8.24. The van der Waals surface area contributed by atoms with Gasteiger partial charge in [0.2, 0.25) is 0 Å². The summed E-state index contributed by atoms with van der Waals surface area (Å²) in [7, 11) is 0. The number of aromatic nitrogens is 1. The highest BCUT2D eigenvalue weighted by atomic mass is 14.7. The van der Waals surface area contributed by atoms with Crippen LogP contribution in [0.1, 0.15) is 33.4 Å². The number of hydrogen-bond acceptors (Lipinski definition) is 1. The molecular weight excluding hydrogens is 338 g/mol. The van der Waals surface area contributed by atoms with E-state index in [9.17, 15) is 0 Å². The number of aryl methyl sites for hydroxylation is 5. The molecule has 0 spiro atoms. The summed E-state index contributed by atoms with van der Waals surface area (Å²) in [5, 5.41) is 1.27. The Bertz CT molecular complexity index is 1230. The maximum Gasteiger partial charge on any atom is 0.0744 e. The van der Waals surface area contributed by atoms with Crippen LogP contribution in [0.4, 0.5) is 0 Å². The van der Waals surface area contributed by atoms with Gasteiger partial charge in [-0.25, -0.2) is 4.98 Å². The zero-order chi connectivity index (χ0) is 19.4. The molecule has 3 aromatic carbocycles. The SMILES string of the molecule is Cc1cc(C)c2c(c1)-c1nc3cccc(-c4c(C)cccc4C)c3cc1CC2. The van der Waals surface area contributed by atoms with Gasteiger partial charge in [-0.3, -0.25) is 0 Å². The van der Waals surface area contributed by atoms with Crippen molar-refractivity contribution in [3.05, 3.63) is 88.0 Å². The Kier molecular flexibility index (Phi) is 3.87. The minimum Gasteiger partial charge on any atom is -0.247 e. The Morgan fingerprint density at radius 1 is 0.714 bits per heavy atom. The van der Waals surface area contributed by atoms with Crippen molar-refractivity contribution >= 4 is 10.9 Å². The van der Waals surface area contributed by atoms with Crippen LogP contribution in [0.25, 0.3) is 33.3 Å². The van der Waals surface area contributed by atoms with Crippen LogP contribution in [0, 0.1) is 27.7 Å². The molecule has 1 heteroatoms. The van der Waals surface area contributed by atoms with Crippen LogP contribution in [0.2, 0.25) is 0 Å². The molecule has 0 amide bonds. The maximum absolute atomic E-state index is 5.18. The Labute approximate surface area is 167 Å². The third-order valence-electron chi connectivity index (χ3n) is 6.21. The normalized spacial score (nSPS) is 12.7. The summed E-state index contributed by atoms with van der Waals surface area (Å²) in [5.74, 6) is 0. The molecule has 0 unspecified atom stereocenters. The molecule has 0 radical (unpaired) electrons. The summed E-state index contributed by atoms with van der Waals surface area (Å²) in [6.45, 7) is 8.82. The van der Waals surface area contributed by atoms with E-state index in [1.54, 1.807) is 0 Å². The summed E-state index contributed by atoms with van der Waals surface area (Å²) in [6, 6.07) is 20.1. The van der Waals surface area contributed by atoms with Crippen molar-refractivity contribution in [3.63, 3.8) is 0 Å². The van der Waals surface area contributed by atoms with E-state index in [1.165, 1.54) is 61.2 Å². The molecule has 0 aliphatic heterocycles. The lowest BCUT2D eigenvalue weighted by Crippen LogP contribution is -2.08. The Morgan fingerprint density at radius 2 is 1.46 bits per heavy atom. The monoisotopic (exact) mass is 363 g/mol. The molecular formula is C27H25N. The maximum atomic E-state index is 5.18. The van der Waals surface area contributed by atoms with Crippen molar-refractivity contribution in [3.8, 4) is 22.4 Å². The van der Waals surface area contributed by atoms with Gasteiger partial charge in [0.05, 0.1) is 11.2 Å². The minimum absolute atomic E-state index is 1.07. The van der Waals surface area contributed by atoms with Crippen molar-refractivity contribution in [2.24, 2.45) is 0 Å². The fraction of sp³-hybridized carbons (Fsp3) is 0.222. The van der Waals surface area contributed by atoms with Crippen molar-refractivity contribution < 1.29 is 0 Å². The van der Waals surface area contributed by atoms with Crippen LogP contribution < -0.4 is 0 Å². The lowest BCUT2D eigenvalue weighted by molar-refractivity contribution is 0.921. The molecule has 1 aliphatic carbocycles. The van der Waals surface area contributed by atoms with Gasteiger partial charge < -0.3 is 0 Å². The molecule has 4 aromatic rings. The summed E-state index contributed by atoms with van der Waals surface area (Å²) in [4.78, 5) is 5.18. The average Bonchev–Trinajstić information content (AvgIpc) is 2.66. The fourth-order valence-electron chi connectivity index (χ4n) is 4.92. The summed E-state index contributed by atoms with van der Waals surface area (Å²) in [6.07, 6.45) is 2.17. The fourth-order valence-corrected chi connectivity index (χ4v) is 4.92. The summed E-state index contributed by atoms with van der Waals surface area (Å²) < 4.78 is 0. The molecule has 0 saturated heterocycles. The van der Waals surface area contributed by atoms with E-state index in [1.807, 2.05) is 0 Å². The third kappa shape index (κ3) is 2.57. The molecule has 5 rings (SSSR count). The van der Waals surface area contributed by atoms with Crippen LogP contribution in [-0.4, -0.2) is 4.98 Å². The second-order valence-electron chi connectivity index (χ2n) is 8.24. The molecule has 1 nitrogen and oxygen atoms in total. The Morgan fingerprint density at radius 3 is 2.25 bits per heavy atom. The molecule has 138 valence electrons. The molecule has 1 aromatic heterocycles. The smallest absolute Gasteiger partial charge is 0.0744 e. The number of benzene rings is 3.